The minimum absolute atomic E-state index is 0.0996. The van der Waals surface area contributed by atoms with Gasteiger partial charge in [-0.2, -0.15) is 4.31 Å². The van der Waals surface area contributed by atoms with E-state index in [0.717, 1.165) is 6.26 Å². The lowest BCUT2D eigenvalue weighted by Crippen LogP contribution is -2.64. The molecule has 1 aliphatic heterocycles. The van der Waals surface area contributed by atoms with Gasteiger partial charge in [0.15, 0.2) is 0 Å². The van der Waals surface area contributed by atoms with Gasteiger partial charge in [0.05, 0.1) is 13.4 Å². The second kappa shape index (κ2) is 7.80. The van der Waals surface area contributed by atoms with Gasteiger partial charge in [-0.1, -0.05) is 0 Å². The van der Waals surface area contributed by atoms with E-state index in [1.807, 2.05) is 0 Å². The fourth-order valence-electron chi connectivity index (χ4n) is 3.09. The van der Waals surface area contributed by atoms with Gasteiger partial charge < -0.3 is 21.3 Å². The standard InChI is InChI=1S/C16H24N4O6S/c1-26-12-3-4-13(14(17)21)11(9-12)10-16(23,15(18)22)19-5-7-20(8-6-19)27(2,24)25/h3-4,9,23H,5-8,10H2,1-2H3,(H2,17,21)(H2,18,22)/t16-/m0/s1. The van der Waals surface area contributed by atoms with E-state index in [4.69, 9.17) is 16.2 Å². The number of sulfonamides is 1. The number of nitrogens with two attached hydrogens (primary N) is 2. The maximum atomic E-state index is 12.1. The molecule has 1 fully saturated rings. The quantitative estimate of drug-likeness (QED) is 0.482. The molecule has 5 N–H and O–H groups in total. The van der Waals surface area contributed by atoms with Crippen LogP contribution in [0, 0.1) is 0 Å². The van der Waals surface area contributed by atoms with E-state index in [2.05, 4.69) is 0 Å². The van der Waals surface area contributed by atoms with Crippen molar-refractivity contribution in [2.45, 2.75) is 12.1 Å². The molecular formula is C16H24N4O6S. The summed E-state index contributed by atoms with van der Waals surface area (Å²) in [6.45, 7) is 0.412. The molecule has 150 valence electrons. The van der Waals surface area contributed by atoms with E-state index in [1.165, 1.54) is 34.5 Å². The molecule has 1 aromatic carbocycles. The van der Waals surface area contributed by atoms with Crippen molar-refractivity contribution in [1.82, 2.24) is 9.21 Å². The van der Waals surface area contributed by atoms with Crippen LogP contribution in [-0.2, 0) is 21.2 Å². The normalized spacial score (nSPS) is 18.6. The predicted molar refractivity (Wildman–Crippen MR) is 97.3 cm³/mol. The van der Waals surface area contributed by atoms with E-state index < -0.39 is 27.6 Å². The summed E-state index contributed by atoms with van der Waals surface area (Å²) in [5, 5.41) is 11.0. The Kier molecular flexibility index (Phi) is 6.10. The van der Waals surface area contributed by atoms with Crippen LogP contribution in [0.3, 0.4) is 0 Å². The zero-order valence-electron chi connectivity index (χ0n) is 15.2. The van der Waals surface area contributed by atoms with Crippen LogP contribution in [0.4, 0.5) is 0 Å². The van der Waals surface area contributed by atoms with Crippen LogP contribution in [-0.4, -0.2) is 79.8 Å². The van der Waals surface area contributed by atoms with Crippen LogP contribution in [0.15, 0.2) is 18.2 Å². The van der Waals surface area contributed by atoms with E-state index in [1.54, 1.807) is 0 Å². The molecule has 1 saturated heterocycles. The Bertz CT molecular complexity index is 835. The van der Waals surface area contributed by atoms with Crippen molar-refractivity contribution in [3.8, 4) is 5.75 Å². The number of ether oxygens (including phenoxy) is 1. The molecule has 0 saturated carbocycles. The number of nitrogens with zero attached hydrogens (tertiary/aromatic N) is 2. The van der Waals surface area contributed by atoms with Crippen molar-refractivity contribution in [3.63, 3.8) is 0 Å². The highest BCUT2D eigenvalue weighted by Gasteiger charge is 2.43. The molecule has 11 heteroatoms. The minimum atomic E-state index is -3.37. The molecule has 0 radical (unpaired) electrons. The SMILES string of the molecule is COc1ccc(C(N)=O)c(C[C@](O)(C(N)=O)N2CCN(S(C)(=O)=O)CC2)c1. The van der Waals surface area contributed by atoms with Crippen molar-refractivity contribution >= 4 is 21.8 Å². The third-order valence-electron chi connectivity index (χ3n) is 4.64. The third-order valence-corrected chi connectivity index (χ3v) is 5.94. The number of rotatable bonds is 7. The van der Waals surface area contributed by atoms with E-state index in [9.17, 15) is 23.1 Å². The second-order valence-corrected chi connectivity index (χ2v) is 8.38. The van der Waals surface area contributed by atoms with Gasteiger partial charge in [0.25, 0.3) is 5.91 Å². The van der Waals surface area contributed by atoms with Crippen LogP contribution < -0.4 is 16.2 Å². The predicted octanol–water partition coefficient (Wildman–Crippen LogP) is -1.91. The van der Waals surface area contributed by atoms with Gasteiger partial charge in [0.1, 0.15) is 5.75 Å². The first-order valence-electron chi connectivity index (χ1n) is 8.18. The number of carbonyl (C=O) groups is 2. The highest BCUT2D eigenvalue weighted by molar-refractivity contribution is 7.88. The average molecular weight is 400 g/mol. The molecule has 27 heavy (non-hydrogen) atoms. The molecule has 0 bridgehead atoms. The Labute approximate surface area is 157 Å². The molecule has 0 unspecified atom stereocenters. The lowest BCUT2D eigenvalue weighted by molar-refractivity contribution is -0.163. The molecule has 0 spiro atoms. The number of carbonyl (C=O) groups excluding carboxylic acids is 2. The molecule has 1 aromatic rings. The largest absolute Gasteiger partial charge is 0.497 e. The topological polar surface area (TPSA) is 156 Å². The first-order chi connectivity index (χ1) is 12.5. The fourth-order valence-corrected chi connectivity index (χ4v) is 3.92. The maximum absolute atomic E-state index is 12.1. The van der Waals surface area contributed by atoms with Gasteiger partial charge in [0, 0.05) is 38.2 Å². The summed E-state index contributed by atoms with van der Waals surface area (Å²) in [6.07, 6.45) is 0.801. The zero-order valence-corrected chi connectivity index (χ0v) is 16.0. The lowest BCUT2D eigenvalue weighted by atomic mass is 9.94. The van der Waals surface area contributed by atoms with E-state index in [-0.39, 0.29) is 38.2 Å². The van der Waals surface area contributed by atoms with Gasteiger partial charge in [-0.05, 0) is 23.8 Å². The van der Waals surface area contributed by atoms with Crippen LogP contribution in [0.2, 0.25) is 0 Å². The Morgan fingerprint density at radius 2 is 1.81 bits per heavy atom. The highest BCUT2D eigenvalue weighted by atomic mass is 32.2. The van der Waals surface area contributed by atoms with Crippen molar-refractivity contribution in [2.75, 3.05) is 39.5 Å². The summed E-state index contributed by atoms with van der Waals surface area (Å²) in [4.78, 5) is 25.2. The Morgan fingerprint density at radius 3 is 2.26 bits per heavy atom. The van der Waals surface area contributed by atoms with Crippen molar-refractivity contribution in [1.29, 1.82) is 0 Å². The number of hydrogen-bond acceptors (Lipinski definition) is 7. The van der Waals surface area contributed by atoms with Crippen molar-refractivity contribution in [3.05, 3.63) is 29.3 Å². The first kappa shape index (κ1) is 21.1. The monoisotopic (exact) mass is 400 g/mol. The number of amides is 2. The number of piperazine rings is 1. The molecule has 1 aliphatic rings. The van der Waals surface area contributed by atoms with Gasteiger partial charge in [-0.15, -0.1) is 0 Å². The van der Waals surface area contributed by atoms with Crippen molar-refractivity contribution in [2.24, 2.45) is 11.5 Å². The molecule has 1 heterocycles. The van der Waals surface area contributed by atoms with E-state index >= 15 is 0 Å². The Balaban J connectivity index is 2.33. The number of aliphatic hydroxyl groups is 1. The molecule has 10 nitrogen and oxygen atoms in total. The minimum Gasteiger partial charge on any atom is -0.497 e. The second-order valence-electron chi connectivity index (χ2n) is 6.39. The number of methoxy groups -OCH3 is 1. The number of benzene rings is 1. The zero-order chi connectivity index (χ0) is 20.4. The van der Waals surface area contributed by atoms with Crippen LogP contribution >= 0.6 is 0 Å². The van der Waals surface area contributed by atoms with Crippen LogP contribution in [0.1, 0.15) is 15.9 Å². The summed E-state index contributed by atoms with van der Waals surface area (Å²) in [6, 6.07) is 4.48. The summed E-state index contributed by atoms with van der Waals surface area (Å²) in [5.74, 6) is -1.31. The lowest BCUT2D eigenvalue weighted by Gasteiger charge is -2.42. The summed E-state index contributed by atoms with van der Waals surface area (Å²) < 4.78 is 29.7. The van der Waals surface area contributed by atoms with Gasteiger partial charge in [-0.25, -0.2) is 8.42 Å². The molecule has 2 amide bonds. The van der Waals surface area contributed by atoms with Crippen molar-refractivity contribution < 1.29 is 27.9 Å². The average Bonchev–Trinajstić information content (AvgIpc) is 2.60. The molecule has 1 atom stereocenters. The third kappa shape index (κ3) is 4.56. The van der Waals surface area contributed by atoms with E-state index in [0.29, 0.717) is 11.3 Å². The molecule has 0 aliphatic carbocycles. The van der Waals surface area contributed by atoms with Gasteiger partial charge in [-0.3, -0.25) is 14.5 Å². The number of hydrogen-bond donors (Lipinski definition) is 3. The van der Waals surface area contributed by atoms with Gasteiger partial charge >= 0.3 is 0 Å². The Morgan fingerprint density at radius 1 is 1.22 bits per heavy atom. The molecule has 0 aromatic heterocycles. The number of primary amides is 2. The van der Waals surface area contributed by atoms with Crippen LogP contribution in [0.5, 0.6) is 5.75 Å². The van der Waals surface area contributed by atoms with Gasteiger partial charge in [0.2, 0.25) is 21.7 Å². The first-order valence-corrected chi connectivity index (χ1v) is 10.0. The smallest absolute Gasteiger partial charge is 0.265 e. The fraction of sp³-hybridized carbons (Fsp3) is 0.500. The maximum Gasteiger partial charge on any atom is 0.265 e. The summed E-state index contributed by atoms with van der Waals surface area (Å²) in [5.41, 5.74) is 9.16. The summed E-state index contributed by atoms with van der Waals surface area (Å²) in [7, 11) is -1.93. The molecular weight excluding hydrogens is 376 g/mol. The Hall–Kier alpha value is -2.21. The summed E-state index contributed by atoms with van der Waals surface area (Å²) >= 11 is 0. The van der Waals surface area contributed by atoms with Crippen LogP contribution in [0.25, 0.3) is 0 Å². The highest BCUT2D eigenvalue weighted by Crippen LogP contribution is 2.26. The molecule has 2 rings (SSSR count).